The highest BCUT2D eigenvalue weighted by molar-refractivity contribution is 4.89. The molecule has 0 radical (unpaired) electrons. The van der Waals surface area contributed by atoms with Crippen molar-refractivity contribution in [3.05, 3.63) is 0 Å². The van der Waals surface area contributed by atoms with E-state index in [1.807, 2.05) is 0 Å². The van der Waals surface area contributed by atoms with Crippen molar-refractivity contribution in [3.8, 4) is 0 Å². The van der Waals surface area contributed by atoms with Gasteiger partial charge in [0.2, 0.25) is 0 Å². The zero-order valence-corrected chi connectivity index (χ0v) is 13.9. The fourth-order valence-electron chi connectivity index (χ4n) is 4.16. The molecule has 3 heteroatoms. The van der Waals surface area contributed by atoms with E-state index in [2.05, 4.69) is 36.0 Å². The maximum absolute atomic E-state index is 3.63. The van der Waals surface area contributed by atoms with Gasteiger partial charge in [0.05, 0.1) is 0 Å². The predicted molar refractivity (Wildman–Crippen MR) is 87.2 cm³/mol. The molecule has 0 aromatic carbocycles. The van der Waals surface area contributed by atoms with Crippen LogP contribution in [-0.2, 0) is 0 Å². The van der Waals surface area contributed by atoms with Crippen molar-refractivity contribution in [2.45, 2.75) is 64.5 Å². The molecule has 2 unspecified atom stereocenters. The molecule has 0 amide bonds. The summed E-state index contributed by atoms with van der Waals surface area (Å²) in [4.78, 5) is 5.34. The van der Waals surface area contributed by atoms with Gasteiger partial charge in [-0.1, -0.05) is 33.1 Å². The van der Waals surface area contributed by atoms with Crippen LogP contribution in [0.4, 0.5) is 0 Å². The molecule has 2 aliphatic rings. The normalized spacial score (nSPS) is 29.2. The molecule has 1 aliphatic heterocycles. The summed E-state index contributed by atoms with van der Waals surface area (Å²) in [6.45, 7) is 10.7. The Morgan fingerprint density at radius 1 is 1.00 bits per heavy atom. The van der Waals surface area contributed by atoms with Crippen LogP contribution in [0, 0.1) is 5.92 Å². The lowest BCUT2D eigenvalue weighted by Gasteiger charge is -2.44. The van der Waals surface area contributed by atoms with Crippen LogP contribution in [0.5, 0.6) is 0 Å². The van der Waals surface area contributed by atoms with Crippen molar-refractivity contribution in [3.63, 3.8) is 0 Å². The van der Waals surface area contributed by atoms with Gasteiger partial charge < -0.3 is 10.2 Å². The highest BCUT2D eigenvalue weighted by Crippen LogP contribution is 2.27. The average molecular weight is 281 g/mol. The van der Waals surface area contributed by atoms with Crippen LogP contribution >= 0.6 is 0 Å². The largest absolute Gasteiger partial charge is 0.315 e. The van der Waals surface area contributed by atoms with Gasteiger partial charge in [0.25, 0.3) is 0 Å². The topological polar surface area (TPSA) is 18.5 Å². The van der Waals surface area contributed by atoms with E-state index in [-0.39, 0.29) is 0 Å². The zero-order chi connectivity index (χ0) is 14.4. The molecule has 1 heterocycles. The van der Waals surface area contributed by atoms with Crippen LogP contribution in [0.2, 0.25) is 0 Å². The van der Waals surface area contributed by atoms with Crippen LogP contribution < -0.4 is 5.32 Å². The van der Waals surface area contributed by atoms with Crippen LogP contribution in [-0.4, -0.2) is 61.7 Å². The van der Waals surface area contributed by atoms with E-state index < -0.39 is 0 Å². The molecule has 3 nitrogen and oxygen atoms in total. The fraction of sp³-hybridized carbons (Fsp3) is 1.00. The minimum absolute atomic E-state index is 0.743. The molecule has 0 bridgehead atoms. The molecule has 1 saturated heterocycles. The first kappa shape index (κ1) is 16.3. The van der Waals surface area contributed by atoms with Gasteiger partial charge >= 0.3 is 0 Å². The van der Waals surface area contributed by atoms with E-state index in [4.69, 9.17) is 0 Å². The Morgan fingerprint density at radius 3 is 2.35 bits per heavy atom. The number of rotatable bonds is 6. The average Bonchev–Trinajstić information content (AvgIpc) is 2.53. The molecular weight excluding hydrogens is 246 g/mol. The summed E-state index contributed by atoms with van der Waals surface area (Å²) in [6.07, 6.45) is 8.52. The smallest absolute Gasteiger partial charge is 0.0261 e. The van der Waals surface area contributed by atoms with Crippen molar-refractivity contribution < 1.29 is 0 Å². The SMILES string of the molecule is CCN(CC)CC1CCNCC1N(C)C1CCCCC1. The number of hydrogen-bond acceptors (Lipinski definition) is 3. The Morgan fingerprint density at radius 2 is 1.70 bits per heavy atom. The Balaban J connectivity index is 1.94. The van der Waals surface area contributed by atoms with E-state index in [0.29, 0.717) is 0 Å². The lowest BCUT2D eigenvalue weighted by molar-refractivity contribution is 0.0623. The first-order valence-electron chi connectivity index (χ1n) is 8.91. The Kier molecular flexibility index (Phi) is 6.79. The highest BCUT2D eigenvalue weighted by Gasteiger charge is 2.32. The summed E-state index contributed by atoms with van der Waals surface area (Å²) >= 11 is 0. The third-order valence-electron chi connectivity index (χ3n) is 5.65. The number of hydrogen-bond donors (Lipinski definition) is 1. The molecule has 1 saturated carbocycles. The molecule has 0 aromatic rings. The van der Waals surface area contributed by atoms with Crippen molar-refractivity contribution in [1.82, 2.24) is 15.1 Å². The second-order valence-corrected chi connectivity index (χ2v) is 6.76. The Labute approximate surface area is 126 Å². The molecule has 2 fully saturated rings. The molecular formula is C17H35N3. The number of piperidine rings is 1. The van der Waals surface area contributed by atoms with Gasteiger partial charge in [0.15, 0.2) is 0 Å². The maximum atomic E-state index is 3.63. The Bertz CT molecular complexity index is 259. The fourth-order valence-corrected chi connectivity index (χ4v) is 4.16. The molecule has 0 spiro atoms. The Hall–Kier alpha value is -0.120. The molecule has 1 N–H and O–H groups in total. The molecule has 118 valence electrons. The molecule has 0 aromatic heterocycles. The first-order valence-corrected chi connectivity index (χ1v) is 8.91. The minimum Gasteiger partial charge on any atom is -0.315 e. The zero-order valence-electron chi connectivity index (χ0n) is 13.9. The monoisotopic (exact) mass is 281 g/mol. The highest BCUT2D eigenvalue weighted by atomic mass is 15.2. The van der Waals surface area contributed by atoms with Gasteiger partial charge in [-0.2, -0.15) is 0 Å². The minimum atomic E-state index is 0.743. The molecule has 20 heavy (non-hydrogen) atoms. The lowest BCUT2D eigenvalue weighted by atomic mass is 9.87. The van der Waals surface area contributed by atoms with Crippen LogP contribution in [0.15, 0.2) is 0 Å². The summed E-state index contributed by atoms with van der Waals surface area (Å²) in [5, 5.41) is 3.63. The van der Waals surface area contributed by atoms with Gasteiger partial charge in [0, 0.05) is 25.2 Å². The second-order valence-electron chi connectivity index (χ2n) is 6.76. The van der Waals surface area contributed by atoms with E-state index >= 15 is 0 Å². The molecule has 1 aliphatic carbocycles. The van der Waals surface area contributed by atoms with Gasteiger partial charge in [-0.05, 0) is 51.9 Å². The van der Waals surface area contributed by atoms with E-state index in [0.717, 1.165) is 18.0 Å². The van der Waals surface area contributed by atoms with Crippen molar-refractivity contribution in [2.24, 2.45) is 5.92 Å². The molecule has 2 atom stereocenters. The van der Waals surface area contributed by atoms with E-state index in [1.165, 1.54) is 71.2 Å². The molecule has 2 rings (SSSR count). The standard InChI is InChI=1S/C17H35N3/c1-4-20(5-2)14-15-11-12-18-13-17(15)19(3)16-9-7-6-8-10-16/h15-18H,4-14H2,1-3H3. The summed E-state index contributed by atoms with van der Waals surface area (Å²) in [5.74, 6) is 0.850. The van der Waals surface area contributed by atoms with Crippen LogP contribution in [0.25, 0.3) is 0 Å². The van der Waals surface area contributed by atoms with Crippen molar-refractivity contribution in [2.75, 3.05) is 39.8 Å². The lowest BCUT2D eigenvalue weighted by Crippen LogP contribution is -2.55. The number of nitrogens with one attached hydrogen (secondary N) is 1. The summed E-state index contributed by atoms with van der Waals surface area (Å²) < 4.78 is 0. The third-order valence-corrected chi connectivity index (χ3v) is 5.65. The van der Waals surface area contributed by atoms with Gasteiger partial charge in [-0.3, -0.25) is 4.90 Å². The van der Waals surface area contributed by atoms with Gasteiger partial charge in [0.1, 0.15) is 0 Å². The summed E-state index contributed by atoms with van der Waals surface area (Å²) in [5.41, 5.74) is 0. The summed E-state index contributed by atoms with van der Waals surface area (Å²) in [6, 6.07) is 1.58. The summed E-state index contributed by atoms with van der Waals surface area (Å²) in [7, 11) is 2.39. The quantitative estimate of drug-likeness (QED) is 0.807. The van der Waals surface area contributed by atoms with Crippen molar-refractivity contribution in [1.29, 1.82) is 0 Å². The van der Waals surface area contributed by atoms with Gasteiger partial charge in [-0.15, -0.1) is 0 Å². The van der Waals surface area contributed by atoms with E-state index in [9.17, 15) is 0 Å². The number of nitrogens with zero attached hydrogens (tertiary/aromatic N) is 2. The van der Waals surface area contributed by atoms with E-state index in [1.54, 1.807) is 0 Å². The second kappa shape index (κ2) is 8.35. The van der Waals surface area contributed by atoms with Gasteiger partial charge in [-0.25, -0.2) is 0 Å². The van der Waals surface area contributed by atoms with Crippen LogP contribution in [0.3, 0.4) is 0 Å². The van der Waals surface area contributed by atoms with Crippen LogP contribution in [0.1, 0.15) is 52.4 Å². The number of likely N-dealkylation sites (N-methyl/N-ethyl adjacent to an activating group) is 1. The first-order chi connectivity index (χ1) is 9.76. The third kappa shape index (κ3) is 4.19. The van der Waals surface area contributed by atoms with Crippen molar-refractivity contribution >= 4 is 0 Å². The predicted octanol–water partition coefficient (Wildman–Crippen LogP) is 2.57. The maximum Gasteiger partial charge on any atom is 0.0261 e.